The first-order valence-electron chi connectivity index (χ1n) is 6.10. The van der Waals surface area contributed by atoms with E-state index in [1.54, 1.807) is 0 Å². The Morgan fingerprint density at radius 2 is 1.88 bits per heavy atom. The van der Waals surface area contributed by atoms with Crippen LogP contribution in [0.15, 0.2) is 23.1 Å². The first kappa shape index (κ1) is 15.1. The molecule has 1 aromatic carbocycles. The van der Waals surface area contributed by atoms with Gasteiger partial charge in [-0.15, -0.1) is 11.8 Å². The van der Waals surface area contributed by atoms with E-state index < -0.39 is 0 Å². The second-order valence-corrected chi connectivity index (χ2v) is 7.51. The molecular weight excluding hydrogens is 292 g/mol. The van der Waals surface area contributed by atoms with Crippen LogP contribution >= 0.6 is 27.7 Å². The van der Waals surface area contributed by atoms with Gasteiger partial charge in [-0.2, -0.15) is 0 Å². The maximum absolute atomic E-state index is 3.64. The number of alkyl halides is 1. The van der Waals surface area contributed by atoms with Crippen molar-refractivity contribution in [3.63, 3.8) is 0 Å². The molecule has 0 aliphatic carbocycles. The fourth-order valence-corrected chi connectivity index (χ4v) is 4.63. The molecule has 0 aromatic heterocycles. The molecule has 0 saturated carbocycles. The van der Waals surface area contributed by atoms with Crippen LogP contribution in [0.3, 0.4) is 0 Å². The summed E-state index contributed by atoms with van der Waals surface area (Å²) in [5.41, 5.74) is 3.12. The van der Waals surface area contributed by atoms with Crippen molar-refractivity contribution in [1.82, 2.24) is 0 Å². The van der Waals surface area contributed by atoms with Crippen molar-refractivity contribution >= 4 is 27.7 Å². The number of thioether (sulfide) groups is 1. The van der Waals surface area contributed by atoms with Crippen LogP contribution < -0.4 is 0 Å². The standard InChI is InChI=1S/C15H23BrS/c1-11-6-7-14(12(2)8-11)17-10-13(9-16)15(3,4)5/h6-8,13H,9-10H2,1-5H3. The van der Waals surface area contributed by atoms with E-state index in [0.717, 1.165) is 5.33 Å². The molecule has 0 saturated heterocycles. The second kappa shape index (κ2) is 6.29. The third-order valence-corrected chi connectivity index (χ3v) is 5.30. The largest absolute Gasteiger partial charge is 0.126 e. The summed E-state index contributed by atoms with van der Waals surface area (Å²) >= 11 is 5.63. The van der Waals surface area contributed by atoms with Crippen LogP contribution in [-0.2, 0) is 0 Å². The van der Waals surface area contributed by atoms with Crippen molar-refractivity contribution in [2.45, 2.75) is 39.5 Å². The summed E-state index contributed by atoms with van der Waals surface area (Å²) in [6.45, 7) is 11.3. The molecule has 2 heteroatoms. The minimum absolute atomic E-state index is 0.370. The molecule has 0 nitrogen and oxygen atoms in total. The molecule has 1 atom stereocenters. The molecular formula is C15H23BrS. The number of aryl methyl sites for hydroxylation is 2. The van der Waals surface area contributed by atoms with Gasteiger partial charge in [-0.3, -0.25) is 0 Å². The van der Waals surface area contributed by atoms with Gasteiger partial charge in [0.25, 0.3) is 0 Å². The predicted octanol–water partition coefficient (Wildman–Crippen LogP) is 5.45. The minimum Gasteiger partial charge on any atom is -0.126 e. The van der Waals surface area contributed by atoms with E-state index in [4.69, 9.17) is 0 Å². The van der Waals surface area contributed by atoms with Crippen LogP contribution in [0.25, 0.3) is 0 Å². The molecule has 0 aliphatic heterocycles. The normalized spacial score (nSPS) is 13.8. The molecule has 0 fully saturated rings. The summed E-state index contributed by atoms with van der Waals surface area (Å²) in [7, 11) is 0. The Morgan fingerprint density at radius 1 is 1.24 bits per heavy atom. The SMILES string of the molecule is Cc1ccc(SCC(CBr)C(C)(C)C)c(C)c1. The highest BCUT2D eigenvalue weighted by atomic mass is 79.9. The Labute approximate surface area is 119 Å². The highest BCUT2D eigenvalue weighted by Crippen LogP contribution is 2.34. The van der Waals surface area contributed by atoms with Gasteiger partial charge in [0.2, 0.25) is 0 Å². The number of hydrogen-bond donors (Lipinski definition) is 0. The van der Waals surface area contributed by atoms with Crippen molar-refractivity contribution in [3.8, 4) is 0 Å². The topological polar surface area (TPSA) is 0 Å². The van der Waals surface area contributed by atoms with E-state index in [9.17, 15) is 0 Å². The van der Waals surface area contributed by atoms with Gasteiger partial charge in [0.1, 0.15) is 0 Å². The molecule has 1 unspecified atom stereocenters. The van der Waals surface area contributed by atoms with Crippen molar-refractivity contribution < 1.29 is 0 Å². The first-order chi connectivity index (χ1) is 7.84. The number of rotatable bonds is 4. The lowest BCUT2D eigenvalue weighted by Gasteiger charge is -2.29. The summed E-state index contributed by atoms with van der Waals surface area (Å²) in [5, 5.41) is 1.08. The van der Waals surface area contributed by atoms with Crippen LogP contribution in [0.2, 0.25) is 0 Å². The van der Waals surface area contributed by atoms with E-state index in [1.165, 1.54) is 21.8 Å². The van der Waals surface area contributed by atoms with Gasteiger partial charge in [-0.25, -0.2) is 0 Å². The summed E-state index contributed by atoms with van der Waals surface area (Å²) < 4.78 is 0. The predicted molar refractivity (Wildman–Crippen MR) is 83.4 cm³/mol. The van der Waals surface area contributed by atoms with Crippen molar-refractivity contribution in [3.05, 3.63) is 29.3 Å². The lowest BCUT2D eigenvalue weighted by Crippen LogP contribution is -2.24. The highest BCUT2D eigenvalue weighted by molar-refractivity contribution is 9.09. The van der Waals surface area contributed by atoms with Crippen LogP contribution in [0, 0.1) is 25.2 Å². The molecule has 96 valence electrons. The minimum atomic E-state index is 0.370. The number of benzene rings is 1. The van der Waals surface area contributed by atoms with Gasteiger partial charge < -0.3 is 0 Å². The van der Waals surface area contributed by atoms with Gasteiger partial charge >= 0.3 is 0 Å². The zero-order valence-corrected chi connectivity index (χ0v) is 13.9. The van der Waals surface area contributed by atoms with E-state index in [1.807, 2.05) is 11.8 Å². The van der Waals surface area contributed by atoms with Gasteiger partial charge in [0, 0.05) is 16.0 Å². The van der Waals surface area contributed by atoms with E-state index in [0.29, 0.717) is 11.3 Å². The third-order valence-electron chi connectivity index (χ3n) is 3.18. The van der Waals surface area contributed by atoms with Crippen molar-refractivity contribution in [2.75, 3.05) is 11.1 Å². The van der Waals surface area contributed by atoms with Gasteiger partial charge in [0.05, 0.1) is 0 Å². The van der Waals surface area contributed by atoms with Gasteiger partial charge in [-0.05, 0) is 36.8 Å². The van der Waals surface area contributed by atoms with Crippen LogP contribution in [0.1, 0.15) is 31.9 Å². The zero-order chi connectivity index (χ0) is 13.1. The Morgan fingerprint density at radius 3 is 2.35 bits per heavy atom. The Balaban J connectivity index is 2.66. The average molecular weight is 315 g/mol. The monoisotopic (exact) mass is 314 g/mol. The molecule has 0 aliphatic rings. The number of halogens is 1. The second-order valence-electron chi connectivity index (χ2n) is 5.80. The van der Waals surface area contributed by atoms with Crippen molar-refractivity contribution in [1.29, 1.82) is 0 Å². The average Bonchev–Trinajstić information content (AvgIpc) is 2.19. The molecule has 0 N–H and O–H groups in total. The van der Waals surface area contributed by atoms with E-state index in [-0.39, 0.29) is 0 Å². The molecule has 0 spiro atoms. The summed E-state index contributed by atoms with van der Waals surface area (Å²) in [6.07, 6.45) is 0. The Hall–Kier alpha value is 0.0500. The molecule has 17 heavy (non-hydrogen) atoms. The summed E-state index contributed by atoms with van der Waals surface area (Å²) in [4.78, 5) is 1.42. The molecule has 0 heterocycles. The third kappa shape index (κ3) is 4.67. The fraction of sp³-hybridized carbons (Fsp3) is 0.600. The van der Waals surface area contributed by atoms with Crippen LogP contribution in [0.5, 0.6) is 0 Å². The van der Waals surface area contributed by atoms with Gasteiger partial charge in [0.15, 0.2) is 0 Å². The maximum Gasteiger partial charge on any atom is 0.0101 e. The van der Waals surface area contributed by atoms with E-state index in [2.05, 4.69) is 68.7 Å². The Bertz CT molecular complexity index is 366. The smallest absolute Gasteiger partial charge is 0.0101 e. The quantitative estimate of drug-likeness (QED) is 0.526. The Kier molecular flexibility index (Phi) is 5.59. The zero-order valence-electron chi connectivity index (χ0n) is 11.5. The molecule has 1 aromatic rings. The highest BCUT2D eigenvalue weighted by Gasteiger charge is 2.23. The van der Waals surface area contributed by atoms with Crippen LogP contribution in [0.4, 0.5) is 0 Å². The van der Waals surface area contributed by atoms with Crippen molar-refractivity contribution in [2.24, 2.45) is 11.3 Å². The lowest BCUT2D eigenvalue weighted by molar-refractivity contribution is 0.295. The molecule has 0 bridgehead atoms. The summed E-state index contributed by atoms with van der Waals surface area (Å²) in [6, 6.07) is 6.72. The van der Waals surface area contributed by atoms with Crippen LogP contribution in [-0.4, -0.2) is 11.1 Å². The fourth-order valence-electron chi connectivity index (χ4n) is 1.68. The maximum atomic E-state index is 3.64. The molecule has 0 radical (unpaired) electrons. The molecule has 1 rings (SSSR count). The van der Waals surface area contributed by atoms with Gasteiger partial charge in [-0.1, -0.05) is 54.4 Å². The van der Waals surface area contributed by atoms with E-state index >= 15 is 0 Å². The first-order valence-corrected chi connectivity index (χ1v) is 8.21. The molecule has 0 amide bonds. The lowest BCUT2D eigenvalue weighted by atomic mass is 9.83. The summed E-state index contributed by atoms with van der Waals surface area (Å²) in [5.74, 6) is 1.88. The number of hydrogen-bond acceptors (Lipinski definition) is 1.